The van der Waals surface area contributed by atoms with Gasteiger partial charge in [0.25, 0.3) is 5.91 Å². The first-order valence-corrected chi connectivity index (χ1v) is 13.7. The summed E-state index contributed by atoms with van der Waals surface area (Å²) in [5.41, 5.74) is 4.58. The highest BCUT2D eigenvalue weighted by Crippen LogP contribution is 2.34. The number of anilines is 2. The van der Waals surface area contributed by atoms with Gasteiger partial charge in [-0.25, -0.2) is 9.78 Å². The molecule has 8 nitrogen and oxygen atoms in total. The van der Waals surface area contributed by atoms with E-state index in [0.717, 1.165) is 29.5 Å². The molecule has 3 aromatic carbocycles. The van der Waals surface area contributed by atoms with Gasteiger partial charge in [0.1, 0.15) is 12.6 Å². The molecule has 1 atom stereocenters. The van der Waals surface area contributed by atoms with Crippen molar-refractivity contribution in [2.24, 2.45) is 0 Å². The van der Waals surface area contributed by atoms with Crippen LogP contribution in [0.4, 0.5) is 15.6 Å². The second-order valence-electron chi connectivity index (χ2n) is 9.61. The van der Waals surface area contributed by atoms with E-state index in [2.05, 4.69) is 15.6 Å². The highest BCUT2D eigenvalue weighted by molar-refractivity contribution is 7.14. The number of aromatic nitrogens is 1. The molecule has 0 unspecified atom stereocenters. The molecule has 0 saturated heterocycles. The molecule has 6 rings (SSSR count). The monoisotopic (exact) mass is 538 g/mol. The van der Waals surface area contributed by atoms with Crippen LogP contribution in [-0.2, 0) is 22.6 Å². The molecule has 2 N–H and O–H groups in total. The normalized spacial score (nSPS) is 15.9. The number of benzene rings is 3. The third-order valence-corrected chi connectivity index (χ3v) is 7.53. The van der Waals surface area contributed by atoms with Crippen molar-refractivity contribution in [2.45, 2.75) is 38.0 Å². The largest absolute Gasteiger partial charge is 0.444 e. The number of para-hydroxylation sites is 1. The Morgan fingerprint density at radius 3 is 2.46 bits per heavy atom. The summed E-state index contributed by atoms with van der Waals surface area (Å²) in [6.45, 7) is 0.115. The van der Waals surface area contributed by atoms with Crippen molar-refractivity contribution in [1.82, 2.24) is 10.3 Å². The number of ether oxygens (including phenoxy) is 1. The SMILES string of the molecule is O=C(NC1CC1)c1ccc(-c2csc(NC(=O)[C@@H]3Cc4ccccc4N3C(=O)OCc3ccccc3)n2)cc1. The summed E-state index contributed by atoms with van der Waals surface area (Å²) < 4.78 is 5.58. The van der Waals surface area contributed by atoms with Crippen LogP contribution < -0.4 is 15.5 Å². The molecule has 1 aromatic heterocycles. The van der Waals surface area contributed by atoms with E-state index >= 15 is 0 Å². The maximum atomic E-state index is 13.4. The van der Waals surface area contributed by atoms with Crippen LogP contribution in [0.15, 0.2) is 84.2 Å². The summed E-state index contributed by atoms with van der Waals surface area (Å²) in [6, 6.07) is 23.7. The van der Waals surface area contributed by atoms with Gasteiger partial charge in [0.15, 0.2) is 5.13 Å². The number of amides is 3. The highest BCUT2D eigenvalue weighted by Gasteiger charge is 2.39. The summed E-state index contributed by atoms with van der Waals surface area (Å²) in [4.78, 5) is 44.8. The van der Waals surface area contributed by atoms with E-state index in [-0.39, 0.29) is 18.4 Å². The van der Waals surface area contributed by atoms with Gasteiger partial charge in [0.2, 0.25) is 5.91 Å². The first-order chi connectivity index (χ1) is 19.0. The molecule has 39 heavy (non-hydrogen) atoms. The van der Waals surface area contributed by atoms with Crippen molar-refractivity contribution >= 4 is 40.1 Å². The minimum absolute atomic E-state index is 0.0697. The fourth-order valence-corrected chi connectivity index (χ4v) is 5.27. The van der Waals surface area contributed by atoms with Gasteiger partial charge in [-0.15, -0.1) is 11.3 Å². The van der Waals surface area contributed by atoms with Gasteiger partial charge in [-0.05, 0) is 42.2 Å². The van der Waals surface area contributed by atoms with Gasteiger partial charge in [-0.2, -0.15) is 0 Å². The van der Waals surface area contributed by atoms with Crippen LogP contribution in [-0.4, -0.2) is 35.0 Å². The Hall–Kier alpha value is -4.50. The Kier molecular flexibility index (Phi) is 6.81. The molecule has 2 heterocycles. The zero-order valence-electron chi connectivity index (χ0n) is 21.0. The van der Waals surface area contributed by atoms with E-state index in [9.17, 15) is 14.4 Å². The van der Waals surface area contributed by atoms with E-state index in [1.165, 1.54) is 16.2 Å². The Bertz CT molecular complexity index is 1520. The Labute approximate surface area is 229 Å². The number of carbonyl (C=O) groups is 3. The third-order valence-electron chi connectivity index (χ3n) is 6.77. The van der Waals surface area contributed by atoms with Crippen molar-refractivity contribution < 1.29 is 19.1 Å². The maximum absolute atomic E-state index is 13.4. The molecule has 0 radical (unpaired) electrons. The number of hydrogen-bond acceptors (Lipinski definition) is 6. The smallest absolute Gasteiger partial charge is 0.415 e. The lowest BCUT2D eigenvalue weighted by Gasteiger charge is -2.24. The second-order valence-corrected chi connectivity index (χ2v) is 10.5. The molecule has 1 saturated carbocycles. The number of nitrogens with one attached hydrogen (secondary N) is 2. The lowest BCUT2D eigenvalue weighted by atomic mass is 10.1. The quantitative estimate of drug-likeness (QED) is 0.328. The minimum atomic E-state index is -0.762. The molecular formula is C30H26N4O4S. The average Bonchev–Trinajstić information content (AvgIpc) is 3.51. The summed E-state index contributed by atoms with van der Waals surface area (Å²) in [5, 5.41) is 8.14. The van der Waals surface area contributed by atoms with Crippen LogP contribution in [0.2, 0.25) is 0 Å². The molecule has 1 aliphatic heterocycles. The number of rotatable bonds is 7. The van der Waals surface area contributed by atoms with Gasteiger partial charge in [-0.3, -0.25) is 14.5 Å². The molecule has 1 aliphatic carbocycles. The van der Waals surface area contributed by atoms with Crippen molar-refractivity contribution in [3.8, 4) is 11.3 Å². The standard InChI is InChI=1S/C30H26N4O4S/c35-27(31-23-14-15-23)21-12-10-20(11-13-21)24-18-39-29(32-24)33-28(36)26-16-22-8-4-5-9-25(22)34(26)30(37)38-17-19-6-2-1-3-7-19/h1-13,18,23,26H,14-17H2,(H,31,35)(H,32,33,36)/t26-/m0/s1. The summed E-state index contributed by atoms with van der Waals surface area (Å²) in [7, 11) is 0. The molecule has 0 spiro atoms. The fraction of sp³-hybridized carbons (Fsp3) is 0.200. The van der Waals surface area contributed by atoms with Crippen LogP contribution in [0.3, 0.4) is 0 Å². The molecular weight excluding hydrogens is 512 g/mol. The molecule has 9 heteroatoms. The summed E-state index contributed by atoms with van der Waals surface area (Å²) >= 11 is 1.30. The van der Waals surface area contributed by atoms with Crippen molar-refractivity contribution in [3.05, 3.63) is 101 Å². The molecule has 1 fully saturated rings. The predicted octanol–water partition coefficient (Wildman–Crippen LogP) is 5.41. The molecule has 0 bridgehead atoms. The van der Waals surface area contributed by atoms with Crippen molar-refractivity contribution in [1.29, 1.82) is 0 Å². The Morgan fingerprint density at radius 1 is 0.949 bits per heavy atom. The predicted molar refractivity (Wildman–Crippen MR) is 150 cm³/mol. The fourth-order valence-electron chi connectivity index (χ4n) is 4.55. The molecule has 3 amide bonds. The van der Waals surface area contributed by atoms with Gasteiger partial charge in [0.05, 0.1) is 11.4 Å². The van der Waals surface area contributed by atoms with E-state index in [1.54, 1.807) is 12.1 Å². The first kappa shape index (κ1) is 24.8. The average molecular weight is 539 g/mol. The number of nitrogens with zero attached hydrogens (tertiary/aromatic N) is 2. The van der Waals surface area contributed by atoms with E-state index in [1.807, 2.05) is 72.1 Å². The number of thiazole rings is 1. The lowest BCUT2D eigenvalue weighted by Crippen LogP contribution is -2.45. The summed E-state index contributed by atoms with van der Waals surface area (Å²) in [6.07, 6.45) is 1.88. The van der Waals surface area contributed by atoms with Crippen LogP contribution >= 0.6 is 11.3 Å². The molecule has 2 aliphatic rings. The van der Waals surface area contributed by atoms with Gasteiger partial charge in [0, 0.05) is 29.0 Å². The maximum Gasteiger partial charge on any atom is 0.415 e. The van der Waals surface area contributed by atoms with Crippen molar-refractivity contribution in [2.75, 3.05) is 10.2 Å². The Balaban J connectivity index is 1.14. The van der Waals surface area contributed by atoms with Gasteiger partial charge in [-0.1, -0.05) is 60.7 Å². The van der Waals surface area contributed by atoms with E-state index in [4.69, 9.17) is 4.74 Å². The third kappa shape index (κ3) is 5.53. The highest BCUT2D eigenvalue weighted by atomic mass is 32.1. The van der Waals surface area contributed by atoms with Gasteiger partial charge >= 0.3 is 6.09 Å². The van der Waals surface area contributed by atoms with Crippen molar-refractivity contribution in [3.63, 3.8) is 0 Å². The number of carbonyl (C=O) groups excluding carboxylic acids is 3. The lowest BCUT2D eigenvalue weighted by molar-refractivity contribution is -0.117. The molecule has 4 aromatic rings. The zero-order chi connectivity index (χ0) is 26.8. The first-order valence-electron chi connectivity index (χ1n) is 12.8. The number of fused-ring (bicyclic) bond motifs is 1. The van der Waals surface area contributed by atoms with Crippen LogP contribution in [0, 0.1) is 0 Å². The minimum Gasteiger partial charge on any atom is -0.444 e. The summed E-state index contributed by atoms with van der Waals surface area (Å²) in [5.74, 6) is -0.407. The van der Waals surface area contributed by atoms with Crippen LogP contribution in [0.5, 0.6) is 0 Å². The van der Waals surface area contributed by atoms with E-state index < -0.39 is 12.1 Å². The molecule has 196 valence electrons. The van der Waals surface area contributed by atoms with Gasteiger partial charge < -0.3 is 15.4 Å². The van der Waals surface area contributed by atoms with Crippen LogP contribution in [0.1, 0.15) is 34.3 Å². The number of hydrogen-bond donors (Lipinski definition) is 2. The second kappa shape index (κ2) is 10.7. The van der Waals surface area contributed by atoms with E-state index in [0.29, 0.717) is 34.5 Å². The van der Waals surface area contributed by atoms with Crippen LogP contribution in [0.25, 0.3) is 11.3 Å². The zero-order valence-corrected chi connectivity index (χ0v) is 21.8. The Morgan fingerprint density at radius 2 is 1.69 bits per heavy atom. The topological polar surface area (TPSA) is 101 Å².